The van der Waals surface area contributed by atoms with Crippen LogP contribution in [0.5, 0.6) is 0 Å². The number of carbonyl (C=O) groups excluding carboxylic acids is 1. The van der Waals surface area contributed by atoms with Crippen LogP contribution in [0.15, 0.2) is 40.8 Å². The molecule has 4 heteroatoms. The van der Waals surface area contributed by atoms with Gasteiger partial charge in [-0.1, -0.05) is 18.2 Å². The third kappa shape index (κ3) is 3.07. The summed E-state index contributed by atoms with van der Waals surface area (Å²) in [6.45, 7) is 2.82. The Balaban J connectivity index is 1.72. The monoisotopic (exact) mass is 299 g/mol. The van der Waals surface area contributed by atoms with E-state index in [0.29, 0.717) is 12.3 Å². The molecule has 0 saturated carbocycles. The average Bonchev–Trinajstić information content (AvgIpc) is 2.96. The molecule has 2 aromatic rings. The maximum atomic E-state index is 12.4. The summed E-state index contributed by atoms with van der Waals surface area (Å²) in [7, 11) is 0. The van der Waals surface area contributed by atoms with Gasteiger partial charge in [-0.2, -0.15) is 0 Å². The molecule has 1 aromatic heterocycles. The minimum Gasteiger partial charge on any atom is -0.457 e. The first kappa shape index (κ1) is 14.9. The fourth-order valence-corrected chi connectivity index (χ4v) is 2.97. The highest BCUT2D eigenvalue weighted by atomic mass is 16.3. The number of amides is 1. The minimum absolute atomic E-state index is 0.0221. The number of hydrogen-bond donors (Lipinski definition) is 1. The molecule has 2 atom stereocenters. The minimum atomic E-state index is -0.0221. The molecule has 3 rings (SSSR count). The largest absolute Gasteiger partial charge is 0.457 e. The lowest BCUT2D eigenvalue weighted by Gasteiger charge is -2.36. The topological polar surface area (TPSA) is 53.7 Å². The van der Waals surface area contributed by atoms with Gasteiger partial charge in [0.15, 0.2) is 0 Å². The average molecular weight is 299 g/mol. The van der Waals surface area contributed by atoms with Crippen molar-refractivity contribution in [3.8, 4) is 0 Å². The highest BCUT2D eigenvalue weighted by molar-refractivity contribution is 5.92. The number of likely N-dealkylation sites (tertiary alicyclic amines) is 1. The molecule has 0 bridgehead atoms. The summed E-state index contributed by atoms with van der Waals surface area (Å²) >= 11 is 0. The molecule has 2 heterocycles. The molecular formula is C18H21NO3. The number of benzene rings is 1. The molecule has 22 heavy (non-hydrogen) atoms. The highest BCUT2D eigenvalue weighted by Gasteiger charge is 2.27. The van der Waals surface area contributed by atoms with Crippen LogP contribution in [0.1, 0.15) is 25.5 Å². The molecule has 0 aliphatic carbocycles. The van der Waals surface area contributed by atoms with Crippen molar-refractivity contribution in [2.45, 2.75) is 25.8 Å². The van der Waals surface area contributed by atoms with Crippen molar-refractivity contribution >= 4 is 23.0 Å². The summed E-state index contributed by atoms with van der Waals surface area (Å²) in [6, 6.07) is 9.92. The van der Waals surface area contributed by atoms with Crippen molar-refractivity contribution in [3.05, 3.63) is 42.2 Å². The second-order valence-electron chi connectivity index (χ2n) is 5.99. The van der Waals surface area contributed by atoms with Crippen molar-refractivity contribution < 1.29 is 14.3 Å². The van der Waals surface area contributed by atoms with Gasteiger partial charge in [0.25, 0.3) is 0 Å². The maximum Gasteiger partial charge on any atom is 0.246 e. The molecule has 1 saturated heterocycles. The molecule has 1 aliphatic heterocycles. The Morgan fingerprint density at radius 2 is 2.23 bits per heavy atom. The van der Waals surface area contributed by atoms with E-state index in [-0.39, 0.29) is 24.5 Å². The SMILES string of the molecule is CC1CCC(CO)CN1C(=O)/C=C/c1cc2ccccc2o1. The summed E-state index contributed by atoms with van der Waals surface area (Å²) in [6.07, 6.45) is 5.20. The summed E-state index contributed by atoms with van der Waals surface area (Å²) in [5, 5.41) is 10.3. The van der Waals surface area contributed by atoms with Crippen LogP contribution in [0.25, 0.3) is 17.0 Å². The number of hydrogen-bond acceptors (Lipinski definition) is 3. The lowest BCUT2D eigenvalue weighted by atomic mass is 9.94. The Hall–Kier alpha value is -2.07. The van der Waals surface area contributed by atoms with Crippen LogP contribution in [0, 0.1) is 5.92 Å². The van der Waals surface area contributed by atoms with E-state index in [1.807, 2.05) is 35.2 Å². The second kappa shape index (κ2) is 6.36. The molecule has 1 fully saturated rings. The van der Waals surface area contributed by atoms with Gasteiger partial charge in [0, 0.05) is 30.7 Å². The van der Waals surface area contributed by atoms with E-state index in [4.69, 9.17) is 4.42 Å². The molecular weight excluding hydrogens is 278 g/mol. The Labute approximate surface area is 130 Å². The number of para-hydroxylation sites is 1. The second-order valence-corrected chi connectivity index (χ2v) is 5.99. The summed E-state index contributed by atoms with van der Waals surface area (Å²) in [4.78, 5) is 14.2. The lowest BCUT2D eigenvalue weighted by molar-refractivity contribution is -0.130. The van der Waals surface area contributed by atoms with E-state index in [2.05, 4.69) is 6.92 Å². The van der Waals surface area contributed by atoms with Gasteiger partial charge in [-0.05, 0) is 43.9 Å². The predicted molar refractivity (Wildman–Crippen MR) is 86.2 cm³/mol. The number of fused-ring (bicyclic) bond motifs is 1. The van der Waals surface area contributed by atoms with Crippen molar-refractivity contribution in [2.75, 3.05) is 13.2 Å². The lowest BCUT2D eigenvalue weighted by Crippen LogP contribution is -2.45. The molecule has 4 nitrogen and oxygen atoms in total. The van der Waals surface area contributed by atoms with Crippen LogP contribution in [-0.2, 0) is 4.79 Å². The Bertz CT molecular complexity index is 655. The van der Waals surface area contributed by atoms with Crippen LogP contribution in [-0.4, -0.2) is 35.1 Å². The van der Waals surface area contributed by atoms with Gasteiger partial charge in [0.1, 0.15) is 11.3 Å². The molecule has 2 unspecified atom stereocenters. The van der Waals surface area contributed by atoms with E-state index < -0.39 is 0 Å². The number of carbonyl (C=O) groups is 1. The van der Waals surface area contributed by atoms with E-state index in [1.54, 1.807) is 12.2 Å². The first-order valence-corrected chi connectivity index (χ1v) is 7.75. The number of nitrogens with zero attached hydrogens (tertiary/aromatic N) is 1. The summed E-state index contributed by atoms with van der Waals surface area (Å²) in [5.74, 6) is 0.851. The van der Waals surface area contributed by atoms with E-state index in [1.165, 1.54) is 0 Å². The van der Waals surface area contributed by atoms with E-state index in [9.17, 15) is 9.90 Å². The molecule has 116 valence electrons. The van der Waals surface area contributed by atoms with Crippen LogP contribution in [0.3, 0.4) is 0 Å². The fourth-order valence-electron chi connectivity index (χ4n) is 2.97. The van der Waals surface area contributed by atoms with Crippen LogP contribution in [0.2, 0.25) is 0 Å². The summed E-state index contributed by atoms with van der Waals surface area (Å²) in [5.41, 5.74) is 0.821. The summed E-state index contributed by atoms with van der Waals surface area (Å²) < 4.78 is 5.68. The van der Waals surface area contributed by atoms with Gasteiger partial charge >= 0.3 is 0 Å². The maximum absolute atomic E-state index is 12.4. The number of aliphatic hydroxyl groups is 1. The molecule has 1 amide bonds. The predicted octanol–water partition coefficient (Wildman–Crippen LogP) is 3.07. The quantitative estimate of drug-likeness (QED) is 0.886. The number of piperidine rings is 1. The van der Waals surface area contributed by atoms with Gasteiger partial charge in [0.2, 0.25) is 5.91 Å². The van der Waals surface area contributed by atoms with Crippen LogP contribution >= 0.6 is 0 Å². The van der Waals surface area contributed by atoms with Crippen molar-refractivity contribution in [3.63, 3.8) is 0 Å². The first-order valence-electron chi connectivity index (χ1n) is 7.75. The molecule has 1 aliphatic rings. The Morgan fingerprint density at radius 1 is 1.41 bits per heavy atom. The van der Waals surface area contributed by atoms with E-state index >= 15 is 0 Å². The number of furan rings is 1. The van der Waals surface area contributed by atoms with Gasteiger partial charge in [-0.3, -0.25) is 4.79 Å². The molecule has 0 radical (unpaired) electrons. The van der Waals surface area contributed by atoms with Gasteiger partial charge < -0.3 is 14.4 Å². The van der Waals surface area contributed by atoms with Crippen molar-refractivity contribution in [2.24, 2.45) is 5.92 Å². The van der Waals surface area contributed by atoms with Crippen LogP contribution < -0.4 is 0 Å². The van der Waals surface area contributed by atoms with Crippen molar-refractivity contribution in [1.82, 2.24) is 4.90 Å². The van der Waals surface area contributed by atoms with Gasteiger partial charge in [0.05, 0.1) is 0 Å². The Morgan fingerprint density at radius 3 is 3.00 bits per heavy atom. The smallest absolute Gasteiger partial charge is 0.246 e. The van der Waals surface area contributed by atoms with Crippen molar-refractivity contribution in [1.29, 1.82) is 0 Å². The Kier molecular flexibility index (Phi) is 4.29. The third-order valence-corrected chi connectivity index (χ3v) is 4.36. The fraction of sp³-hybridized carbons (Fsp3) is 0.389. The highest BCUT2D eigenvalue weighted by Crippen LogP contribution is 2.23. The molecule has 1 aromatic carbocycles. The van der Waals surface area contributed by atoms with Gasteiger partial charge in [-0.25, -0.2) is 0 Å². The van der Waals surface area contributed by atoms with Gasteiger partial charge in [-0.15, -0.1) is 0 Å². The zero-order valence-electron chi connectivity index (χ0n) is 12.7. The normalized spacial score (nSPS) is 22.5. The third-order valence-electron chi connectivity index (χ3n) is 4.36. The number of aliphatic hydroxyl groups excluding tert-OH is 1. The number of rotatable bonds is 3. The molecule has 0 spiro atoms. The zero-order chi connectivity index (χ0) is 15.5. The molecule has 1 N–H and O–H groups in total. The van der Waals surface area contributed by atoms with Crippen LogP contribution in [0.4, 0.5) is 0 Å². The first-order chi connectivity index (χ1) is 10.7. The standard InChI is InChI=1S/C18H21NO3/c1-13-6-7-14(12-20)11-19(13)18(21)9-8-16-10-15-4-2-3-5-17(15)22-16/h2-5,8-10,13-14,20H,6-7,11-12H2,1H3/b9-8+. The van der Waals surface area contributed by atoms with E-state index in [0.717, 1.165) is 23.8 Å². The zero-order valence-corrected chi connectivity index (χ0v) is 12.7.